The van der Waals surface area contributed by atoms with E-state index in [-0.39, 0.29) is 0 Å². The summed E-state index contributed by atoms with van der Waals surface area (Å²) in [5.41, 5.74) is 0. The molecule has 0 heterocycles. The molecule has 1 fully saturated rings. The molecule has 0 bridgehead atoms. The molecule has 1 rings (SSSR count). The minimum atomic E-state index is 0.414. The van der Waals surface area contributed by atoms with Crippen molar-refractivity contribution in [3.8, 4) is 0 Å². The maximum Gasteiger partial charge on any atom is 0.0600 e. The van der Waals surface area contributed by atoms with Crippen LogP contribution < -0.4 is 5.32 Å². The van der Waals surface area contributed by atoms with Crippen molar-refractivity contribution in [2.75, 3.05) is 20.3 Å². The van der Waals surface area contributed by atoms with Crippen LogP contribution in [0.15, 0.2) is 0 Å². The van der Waals surface area contributed by atoms with Crippen LogP contribution in [0.1, 0.15) is 52.4 Å². The Morgan fingerprint density at radius 3 is 2.53 bits per heavy atom. The highest BCUT2D eigenvalue weighted by atomic mass is 16.5. The summed E-state index contributed by atoms with van der Waals surface area (Å²) in [4.78, 5) is 0. The Balaban J connectivity index is 2.05. The van der Waals surface area contributed by atoms with Crippen molar-refractivity contribution in [1.29, 1.82) is 0 Å². The van der Waals surface area contributed by atoms with Gasteiger partial charge in [0, 0.05) is 19.7 Å². The van der Waals surface area contributed by atoms with Crippen molar-refractivity contribution in [3.05, 3.63) is 0 Å². The average molecular weight is 243 g/mol. The van der Waals surface area contributed by atoms with Crippen LogP contribution in [0.4, 0.5) is 0 Å². The Labute approximate surface area is 106 Å². The van der Waals surface area contributed by atoms with Crippen LogP contribution >= 0.6 is 0 Å². The van der Waals surface area contributed by atoms with Gasteiger partial charge in [0.25, 0.3) is 0 Å². The van der Waals surface area contributed by atoms with Gasteiger partial charge in [0.15, 0.2) is 0 Å². The van der Waals surface area contributed by atoms with Crippen molar-refractivity contribution in [3.63, 3.8) is 0 Å². The van der Waals surface area contributed by atoms with Gasteiger partial charge in [0.1, 0.15) is 0 Å². The largest absolute Gasteiger partial charge is 0.381 e. The first-order chi connectivity index (χ1) is 8.30. The zero-order valence-corrected chi connectivity index (χ0v) is 11.7. The minimum absolute atomic E-state index is 0.414. The summed E-state index contributed by atoms with van der Waals surface area (Å²) >= 11 is 0. The Kier molecular flexibility index (Phi) is 7.82. The summed E-state index contributed by atoms with van der Waals surface area (Å²) in [6.45, 7) is 6.26. The second-order valence-corrected chi connectivity index (χ2v) is 4.98. The van der Waals surface area contributed by atoms with Crippen LogP contribution in [0.2, 0.25) is 0 Å². The quantitative estimate of drug-likeness (QED) is 0.665. The van der Waals surface area contributed by atoms with E-state index in [2.05, 4.69) is 19.2 Å². The molecule has 17 heavy (non-hydrogen) atoms. The van der Waals surface area contributed by atoms with Crippen molar-refractivity contribution < 1.29 is 9.47 Å². The molecular formula is C14H29NO2. The monoisotopic (exact) mass is 243 g/mol. The van der Waals surface area contributed by atoms with Gasteiger partial charge in [-0.05, 0) is 38.5 Å². The minimum Gasteiger partial charge on any atom is -0.381 e. The fourth-order valence-electron chi connectivity index (χ4n) is 2.53. The molecule has 1 saturated carbocycles. The first-order valence-corrected chi connectivity index (χ1v) is 7.17. The lowest BCUT2D eigenvalue weighted by Crippen LogP contribution is -2.33. The van der Waals surface area contributed by atoms with Gasteiger partial charge in [-0.3, -0.25) is 0 Å². The average Bonchev–Trinajstić information content (AvgIpc) is 2.39. The van der Waals surface area contributed by atoms with Gasteiger partial charge in [-0.25, -0.2) is 0 Å². The van der Waals surface area contributed by atoms with Crippen LogP contribution in [0.3, 0.4) is 0 Å². The van der Waals surface area contributed by atoms with E-state index < -0.39 is 0 Å². The zero-order chi connectivity index (χ0) is 12.5. The number of methoxy groups -OCH3 is 1. The third-order valence-electron chi connectivity index (χ3n) is 3.79. The molecule has 1 aliphatic carbocycles. The number of nitrogens with one attached hydrogen (secondary N) is 1. The third-order valence-corrected chi connectivity index (χ3v) is 3.79. The molecule has 0 aromatic heterocycles. The molecular weight excluding hydrogens is 214 g/mol. The summed E-state index contributed by atoms with van der Waals surface area (Å²) in [6.07, 6.45) is 7.94. The first kappa shape index (κ1) is 14.9. The molecule has 0 amide bonds. The molecule has 3 heteroatoms. The molecule has 0 aliphatic heterocycles. The van der Waals surface area contributed by atoms with Crippen LogP contribution in [-0.2, 0) is 9.47 Å². The number of hydrogen-bond donors (Lipinski definition) is 1. The van der Waals surface area contributed by atoms with Gasteiger partial charge in [0.05, 0.1) is 18.8 Å². The summed E-state index contributed by atoms with van der Waals surface area (Å²) < 4.78 is 11.3. The predicted octanol–water partition coefficient (Wildman–Crippen LogP) is 2.74. The van der Waals surface area contributed by atoms with Crippen LogP contribution in [0.25, 0.3) is 0 Å². The van der Waals surface area contributed by atoms with Crippen LogP contribution in [0.5, 0.6) is 0 Å². The molecule has 0 radical (unpaired) electrons. The Morgan fingerprint density at radius 1 is 1.18 bits per heavy atom. The molecule has 2 unspecified atom stereocenters. The van der Waals surface area contributed by atoms with E-state index in [1.807, 2.05) is 7.11 Å². The van der Waals surface area contributed by atoms with E-state index in [9.17, 15) is 0 Å². The molecule has 0 aromatic carbocycles. The lowest BCUT2D eigenvalue weighted by Gasteiger charge is -2.28. The van der Waals surface area contributed by atoms with E-state index >= 15 is 0 Å². The molecule has 0 spiro atoms. The van der Waals surface area contributed by atoms with Gasteiger partial charge >= 0.3 is 0 Å². The van der Waals surface area contributed by atoms with Gasteiger partial charge in [-0.1, -0.05) is 13.8 Å². The maximum atomic E-state index is 5.91. The molecule has 2 atom stereocenters. The second kappa shape index (κ2) is 8.90. The van der Waals surface area contributed by atoms with Crippen molar-refractivity contribution in [2.45, 2.75) is 70.6 Å². The van der Waals surface area contributed by atoms with E-state index in [1.54, 1.807) is 0 Å². The molecule has 102 valence electrons. The van der Waals surface area contributed by atoms with Crippen molar-refractivity contribution in [2.24, 2.45) is 0 Å². The van der Waals surface area contributed by atoms with E-state index in [1.165, 1.54) is 32.1 Å². The van der Waals surface area contributed by atoms with Crippen molar-refractivity contribution in [1.82, 2.24) is 5.32 Å². The summed E-state index contributed by atoms with van der Waals surface area (Å²) in [6, 6.07) is 0.650. The van der Waals surface area contributed by atoms with Crippen molar-refractivity contribution >= 4 is 0 Å². The summed E-state index contributed by atoms with van der Waals surface area (Å²) in [5.74, 6) is 0. The fourth-order valence-corrected chi connectivity index (χ4v) is 2.53. The highest BCUT2D eigenvalue weighted by Gasteiger charge is 2.21. The fraction of sp³-hybridized carbons (Fsp3) is 1.00. The topological polar surface area (TPSA) is 30.5 Å². The lowest BCUT2D eigenvalue weighted by atomic mass is 9.95. The predicted molar refractivity (Wildman–Crippen MR) is 71.4 cm³/mol. The van der Waals surface area contributed by atoms with Gasteiger partial charge in [-0.2, -0.15) is 0 Å². The molecule has 0 saturated heterocycles. The summed E-state index contributed by atoms with van der Waals surface area (Å²) in [7, 11) is 1.81. The first-order valence-electron chi connectivity index (χ1n) is 7.17. The van der Waals surface area contributed by atoms with Gasteiger partial charge in [0.2, 0.25) is 0 Å². The van der Waals surface area contributed by atoms with Gasteiger partial charge in [-0.15, -0.1) is 0 Å². The Bertz CT molecular complexity index is 183. The highest BCUT2D eigenvalue weighted by molar-refractivity contribution is 4.73. The Morgan fingerprint density at radius 2 is 1.88 bits per heavy atom. The third kappa shape index (κ3) is 5.84. The SMILES string of the molecule is CCC(CC)NCCOC1CCCC(OC)C1. The maximum absolute atomic E-state index is 5.91. The van der Waals surface area contributed by atoms with Crippen LogP contribution in [0, 0.1) is 0 Å². The van der Waals surface area contributed by atoms with Gasteiger partial charge < -0.3 is 14.8 Å². The number of ether oxygens (including phenoxy) is 2. The molecule has 3 nitrogen and oxygen atoms in total. The smallest absolute Gasteiger partial charge is 0.0600 e. The highest BCUT2D eigenvalue weighted by Crippen LogP contribution is 2.22. The zero-order valence-electron chi connectivity index (χ0n) is 11.7. The Hall–Kier alpha value is -0.120. The normalized spacial score (nSPS) is 25.4. The molecule has 0 aromatic rings. The standard InChI is InChI=1S/C14H29NO2/c1-4-12(5-2)15-9-10-17-14-8-6-7-13(11-14)16-3/h12-15H,4-11H2,1-3H3. The summed E-state index contributed by atoms with van der Waals surface area (Å²) in [5, 5.41) is 3.53. The molecule has 1 aliphatic rings. The molecule has 1 N–H and O–H groups in total. The van der Waals surface area contributed by atoms with Crippen LogP contribution in [-0.4, -0.2) is 38.5 Å². The number of rotatable bonds is 8. The lowest BCUT2D eigenvalue weighted by molar-refractivity contribution is -0.0286. The van der Waals surface area contributed by atoms with E-state index in [0.717, 1.165) is 19.6 Å². The van der Waals surface area contributed by atoms with E-state index in [4.69, 9.17) is 9.47 Å². The van der Waals surface area contributed by atoms with E-state index in [0.29, 0.717) is 18.2 Å². The number of hydrogen-bond acceptors (Lipinski definition) is 3. The second-order valence-electron chi connectivity index (χ2n) is 4.98.